The van der Waals surface area contributed by atoms with Gasteiger partial charge in [-0.25, -0.2) is 0 Å². The van der Waals surface area contributed by atoms with E-state index in [4.69, 9.17) is 5.73 Å². The van der Waals surface area contributed by atoms with Gasteiger partial charge in [-0.05, 0) is 12.8 Å². The maximum atomic E-state index is 10.9. The molecule has 0 heterocycles. The Morgan fingerprint density at radius 1 is 1.60 bits per heavy atom. The average molecular weight is 164 g/mol. The number of Topliss-reactive ketones (excluding diaryl/α,β-unsaturated/α-hetero) is 1. The van der Waals surface area contributed by atoms with Crippen LogP contribution < -0.4 is 5.73 Å². The molecule has 1 saturated carbocycles. The van der Waals surface area contributed by atoms with Gasteiger partial charge in [0.2, 0.25) is 0 Å². The van der Waals surface area contributed by atoms with Gasteiger partial charge in [0, 0.05) is 18.4 Å². The van der Waals surface area contributed by atoms with Gasteiger partial charge in [-0.3, -0.25) is 4.79 Å². The highest BCUT2D eigenvalue weighted by Gasteiger charge is 2.24. The first-order valence-electron chi connectivity index (χ1n) is 3.50. The summed E-state index contributed by atoms with van der Waals surface area (Å²) >= 11 is 0. The van der Waals surface area contributed by atoms with Gasteiger partial charge in [0.15, 0.2) is 0 Å². The number of hydrogen-bond acceptors (Lipinski definition) is 2. The minimum atomic E-state index is 0. The van der Waals surface area contributed by atoms with Crippen LogP contribution in [0.2, 0.25) is 0 Å². The Kier molecular flexibility index (Phi) is 3.91. The third kappa shape index (κ3) is 1.96. The van der Waals surface area contributed by atoms with Gasteiger partial charge in [-0.15, -0.1) is 12.4 Å². The molecule has 0 bridgehead atoms. The number of hydrogen-bond donors (Lipinski definition) is 1. The molecule has 0 radical (unpaired) electrons. The van der Waals surface area contributed by atoms with Crippen LogP contribution in [0.5, 0.6) is 0 Å². The van der Waals surface area contributed by atoms with Crippen molar-refractivity contribution >= 4 is 18.2 Å². The molecule has 0 aromatic carbocycles. The van der Waals surface area contributed by atoms with Crippen molar-refractivity contribution in [2.45, 2.75) is 32.2 Å². The molecule has 3 heteroatoms. The van der Waals surface area contributed by atoms with Gasteiger partial charge < -0.3 is 5.73 Å². The summed E-state index contributed by atoms with van der Waals surface area (Å²) in [6, 6.07) is 0.131. The van der Waals surface area contributed by atoms with Crippen molar-refractivity contribution in [3.05, 3.63) is 0 Å². The Morgan fingerprint density at radius 2 is 2.20 bits per heavy atom. The Morgan fingerprint density at radius 3 is 2.60 bits per heavy atom. The van der Waals surface area contributed by atoms with Crippen LogP contribution in [0.15, 0.2) is 0 Å². The topological polar surface area (TPSA) is 43.1 Å². The number of rotatable bonds is 0. The van der Waals surface area contributed by atoms with E-state index in [-0.39, 0.29) is 24.4 Å². The third-order valence-corrected chi connectivity index (χ3v) is 2.11. The highest BCUT2D eigenvalue weighted by molar-refractivity contribution is 5.85. The van der Waals surface area contributed by atoms with Crippen molar-refractivity contribution < 1.29 is 4.79 Å². The summed E-state index contributed by atoms with van der Waals surface area (Å²) in [6.45, 7) is 1.92. The van der Waals surface area contributed by atoms with Crippen molar-refractivity contribution in [3.63, 3.8) is 0 Å². The maximum absolute atomic E-state index is 10.9. The highest BCUT2D eigenvalue weighted by atomic mass is 35.5. The third-order valence-electron chi connectivity index (χ3n) is 2.11. The molecule has 0 aromatic heterocycles. The molecule has 0 saturated heterocycles. The molecule has 0 aliphatic heterocycles. The van der Waals surface area contributed by atoms with Crippen LogP contribution in [0.3, 0.4) is 0 Å². The zero-order chi connectivity index (χ0) is 6.85. The highest BCUT2D eigenvalue weighted by Crippen LogP contribution is 2.18. The molecule has 2 N–H and O–H groups in total. The predicted molar refractivity (Wildman–Crippen MR) is 43.2 cm³/mol. The summed E-state index contributed by atoms with van der Waals surface area (Å²) in [7, 11) is 0. The maximum Gasteiger partial charge on any atom is 0.137 e. The van der Waals surface area contributed by atoms with Gasteiger partial charge in [0.05, 0.1) is 0 Å². The first-order chi connectivity index (χ1) is 4.22. The Bertz CT molecular complexity index is 127. The van der Waals surface area contributed by atoms with E-state index >= 15 is 0 Å². The lowest BCUT2D eigenvalue weighted by Gasteiger charge is -2.23. The average Bonchev–Trinajstić information content (AvgIpc) is 1.83. The van der Waals surface area contributed by atoms with Crippen molar-refractivity contribution in [3.8, 4) is 0 Å². The molecule has 1 rings (SSSR count). The number of nitrogens with two attached hydrogens (primary N) is 1. The monoisotopic (exact) mass is 163 g/mol. The second kappa shape index (κ2) is 3.94. The van der Waals surface area contributed by atoms with E-state index in [0.29, 0.717) is 5.78 Å². The molecule has 2 nitrogen and oxygen atoms in total. The zero-order valence-electron chi connectivity index (χ0n) is 6.17. The number of ketones is 1. The summed E-state index contributed by atoms with van der Waals surface area (Å²) < 4.78 is 0. The number of carbonyl (C=O) groups is 1. The minimum absolute atomic E-state index is 0. The molecule has 1 aliphatic rings. The minimum Gasteiger partial charge on any atom is -0.327 e. The number of carbonyl (C=O) groups excluding carboxylic acids is 1. The van der Waals surface area contributed by atoms with Crippen LogP contribution in [-0.2, 0) is 4.79 Å². The molecule has 1 aliphatic carbocycles. The normalized spacial score (nSPS) is 33.2. The lowest BCUT2D eigenvalue weighted by atomic mass is 9.85. The quantitative estimate of drug-likeness (QED) is 0.582. The Hall–Kier alpha value is -0.0800. The number of halogens is 1. The molecule has 1 fully saturated rings. The summed E-state index contributed by atoms with van der Waals surface area (Å²) in [4.78, 5) is 10.9. The van der Waals surface area contributed by atoms with Crippen LogP contribution in [0.1, 0.15) is 26.2 Å². The summed E-state index contributed by atoms with van der Waals surface area (Å²) in [5.41, 5.74) is 5.65. The molecular weight excluding hydrogens is 150 g/mol. The fraction of sp³-hybridized carbons (Fsp3) is 0.857. The predicted octanol–water partition coefficient (Wildman–Crippen LogP) is 1.12. The van der Waals surface area contributed by atoms with Gasteiger partial charge >= 0.3 is 0 Å². The van der Waals surface area contributed by atoms with Gasteiger partial charge in [-0.1, -0.05) is 6.92 Å². The molecule has 0 aromatic rings. The smallest absolute Gasteiger partial charge is 0.137 e. The molecule has 10 heavy (non-hydrogen) atoms. The zero-order valence-corrected chi connectivity index (χ0v) is 6.99. The molecule has 0 amide bonds. The van der Waals surface area contributed by atoms with E-state index in [0.717, 1.165) is 19.3 Å². The van der Waals surface area contributed by atoms with E-state index < -0.39 is 0 Å². The molecule has 2 atom stereocenters. The summed E-state index contributed by atoms with van der Waals surface area (Å²) in [6.07, 6.45) is 2.76. The lowest BCUT2D eigenvalue weighted by Crippen LogP contribution is -2.36. The molecule has 0 spiro atoms. The fourth-order valence-electron chi connectivity index (χ4n) is 1.23. The van der Waals surface area contributed by atoms with Crippen molar-refractivity contribution in [1.82, 2.24) is 0 Å². The van der Waals surface area contributed by atoms with Crippen LogP contribution >= 0.6 is 12.4 Å². The van der Waals surface area contributed by atoms with Crippen LogP contribution in [0.4, 0.5) is 0 Å². The van der Waals surface area contributed by atoms with E-state index in [2.05, 4.69) is 0 Å². The summed E-state index contributed by atoms with van der Waals surface area (Å²) in [5.74, 6) is 0.451. The van der Waals surface area contributed by atoms with Crippen LogP contribution in [-0.4, -0.2) is 11.8 Å². The van der Waals surface area contributed by atoms with Gasteiger partial charge in [0.1, 0.15) is 5.78 Å². The second-order valence-corrected chi connectivity index (χ2v) is 2.81. The Labute approximate surface area is 67.6 Å². The summed E-state index contributed by atoms with van der Waals surface area (Å²) in [5, 5.41) is 0. The fourth-order valence-corrected chi connectivity index (χ4v) is 1.23. The van der Waals surface area contributed by atoms with Crippen molar-refractivity contribution in [2.24, 2.45) is 11.7 Å². The van der Waals surface area contributed by atoms with Gasteiger partial charge in [-0.2, -0.15) is 0 Å². The van der Waals surface area contributed by atoms with Crippen molar-refractivity contribution in [2.75, 3.05) is 0 Å². The van der Waals surface area contributed by atoms with E-state index in [9.17, 15) is 4.79 Å². The van der Waals surface area contributed by atoms with Crippen LogP contribution in [0, 0.1) is 5.92 Å². The molecule has 60 valence electrons. The second-order valence-electron chi connectivity index (χ2n) is 2.81. The van der Waals surface area contributed by atoms with Gasteiger partial charge in [0.25, 0.3) is 0 Å². The van der Waals surface area contributed by atoms with Crippen molar-refractivity contribution in [1.29, 1.82) is 0 Å². The largest absolute Gasteiger partial charge is 0.327 e. The first-order valence-corrected chi connectivity index (χ1v) is 3.50. The van der Waals surface area contributed by atoms with E-state index in [1.54, 1.807) is 0 Å². The van der Waals surface area contributed by atoms with E-state index in [1.165, 1.54) is 0 Å². The van der Waals surface area contributed by atoms with Crippen LogP contribution in [0.25, 0.3) is 0 Å². The first kappa shape index (κ1) is 9.92. The Balaban J connectivity index is 0.000000810. The molecule has 0 unspecified atom stereocenters. The molecular formula is C7H14ClNO. The SMILES string of the molecule is C[C@H]1C(=O)CCC[C@@H]1N.Cl. The van der Waals surface area contributed by atoms with E-state index in [1.807, 2.05) is 6.92 Å². The lowest BCUT2D eigenvalue weighted by molar-refractivity contribution is -0.124. The standard InChI is InChI=1S/C7H13NO.ClH/c1-5-6(8)3-2-4-7(5)9;/h5-6H,2-4,8H2,1H3;1H/t5-,6+;/m1./s1.